The predicted octanol–water partition coefficient (Wildman–Crippen LogP) is 3.15. The van der Waals surface area contributed by atoms with Crippen molar-refractivity contribution in [2.24, 2.45) is 5.92 Å². The van der Waals surface area contributed by atoms with Crippen LogP contribution in [0.1, 0.15) is 62.0 Å². The van der Waals surface area contributed by atoms with E-state index in [2.05, 4.69) is 12.2 Å². The van der Waals surface area contributed by atoms with Gasteiger partial charge in [-0.2, -0.15) is 0 Å². The Morgan fingerprint density at radius 1 is 1.43 bits per heavy atom. The van der Waals surface area contributed by atoms with Crippen molar-refractivity contribution in [3.8, 4) is 0 Å². The van der Waals surface area contributed by atoms with E-state index < -0.39 is 5.60 Å². The van der Waals surface area contributed by atoms with Crippen molar-refractivity contribution < 1.29 is 9.90 Å². The molecule has 3 rings (SSSR count). The van der Waals surface area contributed by atoms with Crippen LogP contribution in [0.15, 0.2) is 12.3 Å². The molecule has 0 radical (unpaired) electrons. The zero-order chi connectivity index (χ0) is 15.0. The summed E-state index contributed by atoms with van der Waals surface area (Å²) in [5.74, 6) is 0.535. The van der Waals surface area contributed by atoms with Crippen LogP contribution in [0, 0.1) is 5.92 Å². The number of nitrogens with zero attached hydrogens (tertiary/aromatic N) is 1. The third-order valence-corrected chi connectivity index (χ3v) is 4.98. The lowest BCUT2D eigenvalue weighted by molar-refractivity contribution is -0.00546. The van der Waals surface area contributed by atoms with Gasteiger partial charge in [0.05, 0.1) is 10.6 Å². The largest absolute Gasteiger partial charge is 0.388 e. The van der Waals surface area contributed by atoms with Crippen LogP contribution in [0.5, 0.6) is 0 Å². The number of aromatic nitrogens is 1. The van der Waals surface area contributed by atoms with Crippen LogP contribution in [0.4, 0.5) is 0 Å². The summed E-state index contributed by atoms with van der Waals surface area (Å²) in [5, 5.41) is 14.0. The Balaban J connectivity index is 1.61. The van der Waals surface area contributed by atoms with E-state index in [-0.39, 0.29) is 5.91 Å². The number of halogens is 1. The molecule has 0 aromatic carbocycles. The standard InChI is InChI=1S/C16H23ClN2O2/c1-11-4-6-16(21,7-5-11)10-18-15(20)14-8-12(17)9-19(14)13-2-3-13/h8-9,11,13,21H,2-7,10H2,1H3,(H,18,20). The number of aliphatic hydroxyl groups is 1. The molecule has 1 aromatic heterocycles. The Bertz CT molecular complexity index is 528. The minimum atomic E-state index is -0.747. The highest BCUT2D eigenvalue weighted by Gasteiger charge is 2.33. The second-order valence-electron chi connectivity index (χ2n) is 6.77. The number of nitrogens with one attached hydrogen (secondary N) is 1. The third-order valence-electron chi connectivity index (χ3n) is 4.77. The van der Waals surface area contributed by atoms with Gasteiger partial charge in [-0.25, -0.2) is 0 Å². The topological polar surface area (TPSA) is 54.3 Å². The fourth-order valence-electron chi connectivity index (χ4n) is 3.09. The number of carbonyl (C=O) groups excluding carboxylic acids is 1. The molecular formula is C16H23ClN2O2. The van der Waals surface area contributed by atoms with Gasteiger partial charge in [-0.3, -0.25) is 4.79 Å². The zero-order valence-electron chi connectivity index (χ0n) is 12.4. The fourth-order valence-corrected chi connectivity index (χ4v) is 3.30. The van der Waals surface area contributed by atoms with Crippen molar-refractivity contribution in [2.75, 3.05) is 6.54 Å². The molecule has 1 heterocycles. The Morgan fingerprint density at radius 3 is 2.71 bits per heavy atom. The summed E-state index contributed by atoms with van der Waals surface area (Å²) in [6.45, 7) is 2.54. The van der Waals surface area contributed by atoms with E-state index in [0.717, 1.165) is 38.5 Å². The van der Waals surface area contributed by atoms with Gasteiger partial charge < -0.3 is 15.0 Å². The average Bonchev–Trinajstić information content (AvgIpc) is 3.23. The summed E-state index contributed by atoms with van der Waals surface area (Å²) in [5.41, 5.74) is -0.140. The van der Waals surface area contributed by atoms with Crippen LogP contribution in [0.3, 0.4) is 0 Å². The number of carbonyl (C=O) groups is 1. The monoisotopic (exact) mass is 310 g/mol. The smallest absolute Gasteiger partial charge is 0.268 e. The molecule has 0 atom stereocenters. The molecular weight excluding hydrogens is 288 g/mol. The summed E-state index contributed by atoms with van der Waals surface area (Å²) >= 11 is 6.02. The molecule has 1 amide bonds. The highest BCUT2D eigenvalue weighted by atomic mass is 35.5. The molecule has 0 aliphatic heterocycles. The molecule has 2 aliphatic carbocycles. The SMILES string of the molecule is CC1CCC(O)(CNC(=O)c2cc(Cl)cn2C2CC2)CC1. The maximum atomic E-state index is 12.4. The van der Waals surface area contributed by atoms with Crippen molar-refractivity contribution in [1.82, 2.24) is 9.88 Å². The lowest BCUT2D eigenvalue weighted by Crippen LogP contribution is -2.45. The van der Waals surface area contributed by atoms with Crippen LogP contribution >= 0.6 is 11.6 Å². The number of amides is 1. The van der Waals surface area contributed by atoms with Crippen molar-refractivity contribution in [2.45, 2.75) is 57.1 Å². The molecule has 2 aliphatic rings. The van der Waals surface area contributed by atoms with Gasteiger partial charge in [0.15, 0.2) is 0 Å². The lowest BCUT2D eigenvalue weighted by Gasteiger charge is -2.34. The highest BCUT2D eigenvalue weighted by Crippen LogP contribution is 2.37. The zero-order valence-corrected chi connectivity index (χ0v) is 13.2. The first-order valence-electron chi connectivity index (χ1n) is 7.85. The van der Waals surface area contributed by atoms with E-state index >= 15 is 0 Å². The molecule has 1 aromatic rings. The first kappa shape index (κ1) is 14.9. The van der Waals surface area contributed by atoms with Gasteiger partial charge in [0.1, 0.15) is 5.69 Å². The number of hydrogen-bond acceptors (Lipinski definition) is 2. The Labute approximate surface area is 130 Å². The van der Waals surface area contributed by atoms with Gasteiger partial charge in [-0.1, -0.05) is 18.5 Å². The lowest BCUT2D eigenvalue weighted by atomic mass is 9.79. The predicted molar refractivity (Wildman–Crippen MR) is 82.6 cm³/mol. The van der Waals surface area contributed by atoms with E-state index in [9.17, 15) is 9.90 Å². The van der Waals surface area contributed by atoms with Crippen LogP contribution in [-0.2, 0) is 0 Å². The van der Waals surface area contributed by atoms with Crippen LogP contribution in [0.25, 0.3) is 0 Å². The summed E-state index contributed by atoms with van der Waals surface area (Å²) in [7, 11) is 0. The van der Waals surface area contributed by atoms with Gasteiger partial charge in [0.25, 0.3) is 5.91 Å². The molecule has 5 heteroatoms. The van der Waals surface area contributed by atoms with Crippen LogP contribution in [-0.4, -0.2) is 27.7 Å². The second kappa shape index (κ2) is 5.65. The van der Waals surface area contributed by atoms with E-state index in [1.54, 1.807) is 6.07 Å². The van der Waals surface area contributed by atoms with Gasteiger partial charge in [-0.05, 0) is 50.5 Å². The summed E-state index contributed by atoms with van der Waals surface area (Å²) < 4.78 is 1.96. The quantitative estimate of drug-likeness (QED) is 0.897. The van der Waals surface area contributed by atoms with E-state index in [4.69, 9.17) is 11.6 Å². The fraction of sp³-hybridized carbons (Fsp3) is 0.688. The molecule has 2 saturated carbocycles. The molecule has 2 N–H and O–H groups in total. The Hall–Kier alpha value is -1.00. The maximum absolute atomic E-state index is 12.4. The van der Waals surface area contributed by atoms with E-state index in [1.807, 2.05) is 10.8 Å². The van der Waals surface area contributed by atoms with Crippen molar-refractivity contribution >= 4 is 17.5 Å². The van der Waals surface area contributed by atoms with Gasteiger partial charge in [0, 0.05) is 18.8 Å². The molecule has 116 valence electrons. The van der Waals surface area contributed by atoms with Crippen LogP contribution in [0.2, 0.25) is 5.02 Å². The summed E-state index contributed by atoms with van der Waals surface area (Å²) in [4.78, 5) is 12.4. The minimum Gasteiger partial charge on any atom is -0.388 e. The number of hydrogen-bond donors (Lipinski definition) is 2. The first-order valence-corrected chi connectivity index (χ1v) is 8.23. The van der Waals surface area contributed by atoms with E-state index in [0.29, 0.717) is 29.2 Å². The third kappa shape index (κ3) is 3.43. The minimum absolute atomic E-state index is 0.138. The first-order chi connectivity index (χ1) is 9.97. The van der Waals surface area contributed by atoms with Crippen molar-refractivity contribution in [3.05, 3.63) is 23.0 Å². The van der Waals surface area contributed by atoms with Gasteiger partial charge in [0.2, 0.25) is 0 Å². The maximum Gasteiger partial charge on any atom is 0.268 e. The Kier molecular flexibility index (Phi) is 4.02. The molecule has 21 heavy (non-hydrogen) atoms. The summed E-state index contributed by atoms with van der Waals surface area (Å²) in [6, 6.07) is 2.12. The van der Waals surface area contributed by atoms with Crippen LogP contribution < -0.4 is 5.32 Å². The molecule has 0 spiro atoms. The normalized spacial score (nSPS) is 29.4. The van der Waals surface area contributed by atoms with Gasteiger partial charge >= 0.3 is 0 Å². The van der Waals surface area contributed by atoms with Gasteiger partial charge in [-0.15, -0.1) is 0 Å². The number of rotatable bonds is 4. The molecule has 0 unspecified atom stereocenters. The second-order valence-corrected chi connectivity index (χ2v) is 7.21. The highest BCUT2D eigenvalue weighted by molar-refractivity contribution is 6.31. The Morgan fingerprint density at radius 2 is 2.10 bits per heavy atom. The molecule has 4 nitrogen and oxygen atoms in total. The average molecular weight is 311 g/mol. The van der Waals surface area contributed by atoms with Crippen molar-refractivity contribution in [3.63, 3.8) is 0 Å². The van der Waals surface area contributed by atoms with Crippen molar-refractivity contribution in [1.29, 1.82) is 0 Å². The summed E-state index contributed by atoms with van der Waals surface area (Å²) in [6.07, 6.45) is 7.61. The van der Waals surface area contributed by atoms with E-state index in [1.165, 1.54) is 0 Å². The molecule has 0 bridgehead atoms. The molecule has 0 saturated heterocycles. The molecule has 2 fully saturated rings.